The zero-order valence-corrected chi connectivity index (χ0v) is 11.6. The molecule has 0 spiro atoms. The minimum absolute atomic E-state index is 0.118. The Labute approximate surface area is 119 Å². The zero-order valence-electron chi connectivity index (χ0n) is 9.99. The quantitative estimate of drug-likeness (QED) is 0.902. The van der Waals surface area contributed by atoms with E-state index in [2.05, 4.69) is 26.6 Å². The molecule has 1 amide bonds. The summed E-state index contributed by atoms with van der Waals surface area (Å²) in [5, 5.41) is 5.61. The number of anilines is 2. The second-order valence-corrected chi connectivity index (χ2v) is 4.75. The number of para-hydroxylation sites is 1. The minimum atomic E-state index is -0.394. The average Bonchev–Trinajstić information content (AvgIpc) is 2.42. The SMILES string of the molecule is O=C(CNc1ccccc1)Nc1cc(F)ccc1Br. The highest BCUT2D eigenvalue weighted by Crippen LogP contribution is 2.22. The van der Waals surface area contributed by atoms with E-state index >= 15 is 0 Å². The third-order valence-corrected chi connectivity index (χ3v) is 3.12. The second kappa shape index (κ2) is 6.33. The van der Waals surface area contributed by atoms with Gasteiger partial charge in [0, 0.05) is 10.2 Å². The Morgan fingerprint density at radius 1 is 1.16 bits per heavy atom. The molecular weight excluding hydrogens is 311 g/mol. The van der Waals surface area contributed by atoms with Gasteiger partial charge in [0.1, 0.15) is 5.82 Å². The molecule has 0 bridgehead atoms. The van der Waals surface area contributed by atoms with Crippen LogP contribution >= 0.6 is 15.9 Å². The summed E-state index contributed by atoms with van der Waals surface area (Å²) < 4.78 is 13.7. The van der Waals surface area contributed by atoms with Crippen LogP contribution in [0.2, 0.25) is 0 Å². The number of benzene rings is 2. The van der Waals surface area contributed by atoms with Gasteiger partial charge in [-0.2, -0.15) is 0 Å². The molecule has 2 aromatic rings. The largest absolute Gasteiger partial charge is 0.376 e. The maximum atomic E-state index is 13.1. The molecule has 0 fully saturated rings. The lowest BCUT2D eigenvalue weighted by Crippen LogP contribution is -2.22. The van der Waals surface area contributed by atoms with Gasteiger partial charge in [-0.25, -0.2) is 4.39 Å². The molecule has 0 heterocycles. The van der Waals surface area contributed by atoms with Crippen molar-refractivity contribution in [3.63, 3.8) is 0 Å². The highest BCUT2D eigenvalue weighted by atomic mass is 79.9. The first-order chi connectivity index (χ1) is 9.15. The van der Waals surface area contributed by atoms with E-state index < -0.39 is 5.82 Å². The van der Waals surface area contributed by atoms with Gasteiger partial charge in [0.15, 0.2) is 0 Å². The van der Waals surface area contributed by atoms with Crippen molar-refractivity contribution in [1.82, 2.24) is 0 Å². The number of hydrogen-bond donors (Lipinski definition) is 2. The van der Waals surface area contributed by atoms with Crippen molar-refractivity contribution in [1.29, 1.82) is 0 Å². The van der Waals surface area contributed by atoms with E-state index in [1.807, 2.05) is 30.3 Å². The van der Waals surface area contributed by atoms with E-state index in [1.54, 1.807) is 6.07 Å². The Balaban J connectivity index is 1.93. The fourth-order valence-electron chi connectivity index (χ4n) is 1.53. The molecule has 0 unspecified atom stereocenters. The van der Waals surface area contributed by atoms with Crippen molar-refractivity contribution in [2.45, 2.75) is 0 Å². The molecule has 98 valence electrons. The molecule has 0 radical (unpaired) electrons. The van der Waals surface area contributed by atoms with Crippen LogP contribution in [0.4, 0.5) is 15.8 Å². The van der Waals surface area contributed by atoms with Gasteiger partial charge >= 0.3 is 0 Å². The molecule has 19 heavy (non-hydrogen) atoms. The van der Waals surface area contributed by atoms with Gasteiger partial charge in [-0.05, 0) is 46.3 Å². The Kier molecular flexibility index (Phi) is 4.52. The van der Waals surface area contributed by atoms with E-state index in [-0.39, 0.29) is 12.5 Å². The predicted molar refractivity (Wildman–Crippen MR) is 77.7 cm³/mol. The zero-order chi connectivity index (χ0) is 13.7. The molecule has 0 aliphatic carbocycles. The van der Waals surface area contributed by atoms with Crippen molar-refractivity contribution in [3.05, 3.63) is 58.8 Å². The third-order valence-electron chi connectivity index (χ3n) is 2.43. The summed E-state index contributed by atoms with van der Waals surface area (Å²) in [6.45, 7) is 0.118. The number of carbonyl (C=O) groups is 1. The first-order valence-corrected chi connectivity index (χ1v) is 6.48. The molecule has 2 rings (SSSR count). The van der Waals surface area contributed by atoms with Crippen molar-refractivity contribution in [3.8, 4) is 0 Å². The van der Waals surface area contributed by atoms with Crippen LogP contribution in [0.1, 0.15) is 0 Å². The smallest absolute Gasteiger partial charge is 0.243 e. The highest BCUT2D eigenvalue weighted by Gasteiger charge is 2.06. The van der Waals surface area contributed by atoms with Crippen molar-refractivity contribution < 1.29 is 9.18 Å². The van der Waals surface area contributed by atoms with Gasteiger partial charge in [-0.15, -0.1) is 0 Å². The molecule has 0 aromatic heterocycles. The fourth-order valence-corrected chi connectivity index (χ4v) is 1.87. The van der Waals surface area contributed by atoms with Gasteiger partial charge in [0.2, 0.25) is 5.91 Å². The molecule has 0 saturated heterocycles. The maximum Gasteiger partial charge on any atom is 0.243 e. The Morgan fingerprint density at radius 2 is 1.89 bits per heavy atom. The van der Waals surface area contributed by atoms with Crippen LogP contribution in [0.5, 0.6) is 0 Å². The molecule has 5 heteroatoms. The van der Waals surface area contributed by atoms with E-state index in [0.29, 0.717) is 10.2 Å². The molecule has 3 nitrogen and oxygen atoms in total. The van der Waals surface area contributed by atoms with Gasteiger partial charge < -0.3 is 10.6 Å². The average molecular weight is 323 g/mol. The maximum absolute atomic E-state index is 13.1. The topological polar surface area (TPSA) is 41.1 Å². The number of rotatable bonds is 4. The van der Waals surface area contributed by atoms with E-state index in [1.165, 1.54) is 12.1 Å². The molecule has 0 saturated carbocycles. The lowest BCUT2D eigenvalue weighted by atomic mass is 10.3. The molecule has 2 aromatic carbocycles. The van der Waals surface area contributed by atoms with Gasteiger partial charge in [0.25, 0.3) is 0 Å². The molecule has 0 aliphatic rings. The highest BCUT2D eigenvalue weighted by molar-refractivity contribution is 9.10. The number of carbonyl (C=O) groups excluding carboxylic acids is 1. The van der Waals surface area contributed by atoms with Gasteiger partial charge in [-0.1, -0.05) is 18.2 Å². The van der Waals surface area contributed by atoms with Crippen LogP contribution in [0.3, 0.4) is 0 Å². The number of hydrogen-bond acceptors (Lipinski definition) is 2. The fraction of sp³-hybridized carbons (Fsp3) is 0.0714. The number of halogens is 2. The monoisotopic (exact) mass is 322 g/mol. The summed E-state index contributed by atoms with van der Waals surface area (Å²) in [7, 11) is 0. The van der Waals surface area contributed by atoms with E-state index in [4.69, 9.17) is 0 Å². The van der Waals surface area contributed by atoms with Crippen LogP contribution in [-0.2, 0) is 4.79 Å². The number of nitrogens with one attached hydrogen (secondary N) is 2. The Hall–Kier alpha value is -1.88. The molecule has 2 N–H and O–H groups in total. The molecular formula is C14H12BrFN2O. The summed E-state index contributed by atoms with van der Waals surface area (Å²) in [5.41, 5.74) is 1.27. The lowest BCUT2D eigenvalue weighted by molar-refractivity contribution is -0.114. The van der Waals surface area contributed by atoms with Crippen LogP contribution in [0.25, 0.3) is 0 Å². The van der Waals surface area contributed by atoms with E-state index in [9.17, 15) is 9.18 Å². The van der Waals surface area contributed by atoms with Gasteiger partial charge in [0.05, 0.1) is 12.2 Å². The molecule has 0 aliphatic heterocycles. The summed E-state index contributed by atoms with van der Waals surface area (Å²) >= 11 is 3.25. The Morgan fingerprint density at radius 3 is 2.63 bits per heavy atom. The van der Waals surface area contributed by atoms with Crippen LogP contribution in [-0.4, -0.2) is 12.5 Å². The minimum Gasteiger partial charge on any atom is -0.376 e. The Bertz CT molecular complexity index is 575. The first kappa shape index (κ1) is 13.5. The van der Waals surface area contributed by atoms with Crippen LogP contribution in [0.15, 0.2) is 53.0 Å². The summed E-state index contributed by atoms with van der Waals surface area (Å²) in [4.78, 5) is 11.7. The number of amides is 1. The first-order valence-electron chi connectivity index (χ1n) is 5.69. The van der Waals surface area contributed by atoms with Crippen molar-refractivity contribution in [2.24, 2.45) is 0 Å². The van der Waals surface area contributed by atoms with Gasteiger partial charge in [-0.3, -0.25) is 4.79 Å². The van der Waals surface area contributed by atoms with Crippen molar-refractivity contribution >= 4 is 33.2 Å². The third kappa shape index (κ3) is 4.06. The lowest BCUT2D eigenvalue weighted by Gasteiger charge is -2.09. The normalized spacial score (nSPS) is 10.0. The summed E-state index contributed by atoms with van der Waals surface area (Å²) in [6, 6.07) is 13.5. The van der Waals surface area contributed by atoms with Crippen LogP contribution < -0.4 is 10.6 Å². The summed E-state index contributed by atoms with van der Waals surface area (Å²) in [5.74, 6) is -0.635. The van der Waals surface area contributed by atoms with E-state index in [0.717, 1.165) is 5.69 Å². The van der Waals surface area contributed by atoms with Crippen LogP contribution in [0, 0.1) is 5.82 Å². The predicted octanol–water partition coefficient (Wildman–Crippen LogP) is 3.64. The molecule has 0 atom stereocenters. The standard InChI is InChI=1S/C14H12BrFN2O/c15-12-7-6-10(16)8-13(12)18-14(19)9-17-11-4-2-1-3-5-11/h1-8,17H,9H2,(H,18,19). The second-order valence-electron chi connectivity index (χ2n) is 3.89. The summed E-state index contributed by atoms with van der Waals surface area (Å²) in [6.07, 6.45) is 0. The van der Waals surface area contributed by atoms with Crippen molar-refractivity contribution in [2.75, 3.05) is 17.2 Å².